The van der Waals surface area contributed by atoms with E-state index in [1.54, 1.807) is 23.6 Å². The first kappa shape index (κ1) is 19.0. The minimum absolute atomic E-state index is 0.0542. The smallest absolute Gasteiger partial charge is 0.130 e. The van der Waals surface area contributed by atoms with E-state index in [-0.39, 0.29) is 18.3 Å². The Balaban J connectivity index is 1.31. The number of aliphatic hydroxyl groups is 1. The van der Waals surface area contributed by atoms with Crippen molar-refractivity contribution in [2.24, 2.45) is 5.92 Å². The van der Waals surface area contributed by atoms with Gasteiger partial charge >= 0.3 is 0 Å². The molecule has 0 spiro atoms. The first-order valence-corrected chi connectivity index (χ1v) is 10.5. The average Bonchev–Trinajstić information content (AvgIpc) is 3.27. The molecule has 1 aliphatic rings. The van der Waals surface area contributed by atoms with Gasteiger partial charge in [-0.15, -0.1) is 11.3 Å². The molecular weight excluding hydrogens is 403 g/mol. The number of nitrogens with zero attached hydrogens (tertiary/aromatic N) is 2. The van der Waals surface area contributed by atoms with Gasteiger partial charge in [0.25, 0.3) is 0 Å². The van der Waals surface area contributed by atoms with E-state index >= 15 is 0 Å². The van der Waals surface area contributed by atoms with Crippen molar-refractivity contribution < 1.29 is 19.0 Å². The number of pyridine rings is 1. The predicted molar refractivity (Wildman–Crippen MR) is 112 cm³/mol. The molecule has 1 aliphatic heterocycles. The van der Waals surface area contributed by atoms with Gasteiger partial charge in [-0.1, -0.05) is 6.07 Å². The number of benzene rings is 2. The van der Waals surface area contributed by atoms with Crippen molar-refractivity contribution >= 4 is 22.2 Å². The van der Waals surface area contributed by atoms with Gasteiger partial charge in [0.15, 0.2) is 0 Å². The monoisotopic (exact) mass is 422 g/mol. The molecule has 152 valence electrons. The Morgan fingerprint density at radius 2 is 2.10 bits per heavy atom. The zero-order valence-electron chi connectivity index (χ0n) is 16.0. The van der Waals surface area contributed by atoms with E-state index in [0.29, 0.717) is 24.5 Å². The summed E-state index contributed by atoms with van der Waals surface area (Å²) in [5, 5.41) is 14.5. The first-order valence-electron chi connectivity index (χ1n) is 9.67. The molecule has 2 atom stereocenters. The van der Waals surface area contributed by atoms with Crippen molar-refractivity contribution in [3.8, 4) is 11.5 Å². The van der Waals surface area contributed by atoms with Gasteiger partial charge in [-0.3, -0.25) is 0 Å². The molecule has 0 saturated carbocycles. The fourth-order valence-electron chi connectivity index (χ4n) is 3.65. The SMILES string of the molecule is OC1c2cc(OCc3ccc4cc(F)ccc4n3)ccc2OCC1Cc1nccs1. The van der Waals surface area contributed by atoms with Crippen molar-refractivity contribution in [3.63, 3.8) is 0 Å². The third kappa shape index (κ3) is 3.86. The molecular formula is C23H19FN2O3S. The van der Waals surface area contributed by atoms with Gasteiger partial charge in [0, 0.05) is 34.9 Å². The standard InChI is InChI=1S/C23H19FN2O3S/c24-16-2-5-20-14(9-16)1-3-17(26-20)13-28-18-4-6-21-19(11-18)23(27)15(12-29-21)10-22-25-7-8-30-22/h1-9,11,15,23,27H,10,12-13H2. The summed E-state index contributed by atoms with van der Waals surface area (Å²) in [4.78, 5) is 8.82. The number of fused-ring (bicyclic) bond motifs is 2. The highest BCUT2D eigenvalue weighted by Gasteiger charge is 2.30. The topological polar surface area (TPSA) is 64.5 Å². The van der Waals surface area contributed by atoms with Gasteiger partial charge in [0.2, 0.25) is 0 Å². The van der Waals surface area contributed by atoms with Gasteiger partial charge in [-0.05, 0) is 42.5 Å². The van der Waals surface area contributed by atoms with Crippen LogP contribution in [0.15, 0.2) is 60.1 Å². The first-order chi connectivity index (χ1) is 14.7. The largest absolute Gasteiger partial charge is 0.493 e. The van der Waals surface area contributed by atoms with Crippen molar-refractivity contribution in [1.82, 2.24) is 9.97 Å². The van der Waals surface area contributed by atoms with Crippen LogP contribution in [-0.2, 0) is 13.0 Å². The normalized spacial score (nSPS) is 18.1. The third-order valence-electron chi connectivity index (χ3n) is 5.22. The predicted octanol–water partition coefficient (Wildman–Crippen LogP) is 4.69. The maximum absolute atomic E-state index is 13.3. The summed E-state index contributed by atoms with van der Waals surface area (Å²) in [6, 6.07) is 13.6. The summed E-state index contributed by atoms with van der Waals surface area (Å²) in [5.41, 5.74) is 2.18. The van der Waals surface area contributed by atoms with E-state index in [4.69, 9.17) is 9.47 Å². The van der Waals surface area contributed by atoms with Crippen LogP contribution in [-0.4, -0.2) is 21.7 Å². The summed E-state index contributed by atoms with van der Waals surface area (Å²) in [6.45, 7) is 0.723. The average molecular weight is 422 g/mol. The van der Waals surface area contributed by atoms with Crippen LogP contribution >= 0.6 is 11.3 Å². The van der Waals surface area contributed by atoms with E-state index in [1.165, 1.54) is 12.1 Å². The Labute approximate surface area is 176 Å². The van der Waals surface area contributed by atoms with E-state index in [1.807, 2.05) is 35.7 Å². The summed E-state index contributed by atoms with van der Waals surface area (Å²) in [5.74, 6) is 0.973. The number of ether oxygens (including phenoxy) is 2. The Kier molecular flexibility index (Phi) is 5.06. The molecule has 5 nitrogen and oxygen atoms in total. The van der Waals surface area contributed by atoms with E-state index in [0.717, 1.165) is 27.2 Å². The molecule has 0 amide bonds. The second kappa shape index (κ2) is 8.01. The van der Waals surface area contributed by atoms with Gasteiger partial charge in [0.1, 0.15) is 23.9 Å². The number of halogens is 1. The van der Waals surface area contributed by atoms with Gasteiger partial charge < -0.3 is 14.6 Å². The van der Waals surface area contributed by atoms with E-state index in [2.05, 4.69) is 9.97 Å². The lowest BCUT2D eigenvalue weighted by molar-refractivity contribution is 0.0504. The number of hydrogen-bond donors (Lipinski definition) is 1. The van der Waals surface area contributed by atoms with E-state index in [9.17, 15) is 9.50 Å². The molecule has 2 unspecified atom stereocenters. The van der Waals surface area contributed by atoms with Crippen LogP contribution in [0.5, 0.6) is 11.5 Å². The maximum Gasteiger partial charge on any atom is 0.130 e. The summed E-state index contributed by atoms with van der Waals surface area (Å²) in [6.07, 6.45) is 1.80. The lowest BCUT2D eigenvalue weighted by Gasteiger charge is -2.30. The van der Waals surface area contributed by atoms with Gasteiger partial charge in [-0.25, -0.2) is 14.4 Å². The molecule has 3 heterocycles. The summed E-state index contributed by atoms with van der Waals surface area (Å²) >= 11 is 1.58. The fraction of sp³-hybridized carbons (Fsp3) is 0.217. The highest BCUT2D eigenvalue weighted by atomic mass is 32.1. The zero-order valence-corrected chi connectivity index (χ0v) is 16.8. The minimum Gasteiger partial charge on any atom is -0.493 e. The molecule has 4 aromatic rings. The van der Waals surface area contributed by atoms with Crippen molar-refractivity contribution in [3.05, 3.63) is 82.2 Å². The Bertz CT molecular complexity index is 1180. The number of aliphatic hydroxyl groups excluding tert-OH is 1. The molecule has 0 fully saturated rings. The molecule has 2 aromatic carbocycles. The van der Waals surface area contributed by atoms with Crippen LogP contribution in [0.3, 0.4) is 0 Å². The number of hydrogen-bond acceptors (Lipinski definition) is 6. The highest BCUT2D eigenvalue weighted by molar-refractivity contribution is 7.09. The number of thiazole rings is 1. The Hall–Kier alpha value is -3.03. The van der Waals surface area contributed by atoms with Crippen LogP contribution in [0.25, 0.3) is 10.9 Å². The molecule has 0 radical (unpaired) electrons. The lowest BCUT2D eigenvalue weighted by atomic mass is 9.91. The highest BCUT2D eigenvalue weighted by Crippen LogP contribution is 2.39. The fourth-order valence-corrected chi connectivity index (χ4v) is 4.36. The summed E-state index contributed by atoms with van der Waals surface area (Å²) in [7, 11) is 0. The van der Waals surface area contributed by atoms with Crippen LogP contribution in [0.4, 0.5) is 4.39 Å². The Morgan fingerprint density at radius 1 is 1.17 bits per heavy atom. The second-order valence-electron chi connectivity index (χ2n) is 7.27. The van der Waals surface area contributed by atoms with Crippen molar-refractivity contribution in [2.45, 2.75) is 19.1 Å². The van der Waals surface area contributed by atoms with Gasteiger partial charge in [-0.2, -0.15) is 0 Å². The third-order valence-corrected chi connectivity index (χ3v) is 6.02. The molecule has 0 aliphatic carbocycles. The second-order valence-corrected chi connectivity index (χ2v) is 8.25. The van der Waals surface area contributed by atoms with Crippen molar-refractivity contribution in [1.29, 1.82) is 0 Å². The molecule has 7 heteroatoms. The van der Waals surface area contributed by atoms with Crippen LogP contribution in [0, 0.1) is 11.7 Å². The van der Waals surface area contributed by atoms with Crippen LogP contribution in [0.1, 0.15) is 22.4 Å². The van der Waals surface area contributed by atoms with Crippen LogP contribution < -0.4 is 9.47 Å². The quantitative estimate of drug-likeness (QED) is 0.505. The molecule has 0 saturated heterocycles. The summed E-state index contributed by atoms with van der Waals surface area (Å²) < 4.78 is 25.1. The minimum atomic E-state index is -0.644. The lowest BCUT2D eigenvalue weighted by Crippen LogP contribution is -2.27. The molecule has 1 N–H and O–H groups in total. The van der Waals surface area contributed by atoms with E-state index < -0.39 is 6.10 Å². The molecule has 2 aromatic heterocycles. The van der Waals surface area contributed by atoms with Crippen molar-refractivity contribution in [2.75, 3.05) is 6.61 Å². The molecule has 30 heavy (non-hydrogen) atoms. The maximum atomic E-state index is 13.3. The Morgan fingerprint density at radius 3 is 2.97 bits per heavy atom. The zero-order chi connectivity index (χ0) is 20.5. The molecule has 5 rings (SSSR count). The van der Waals surface area contributed by atoms with Gasteiger partial charge in [0.05, 0.1) is 28.9 Å². The number of aromatic nitrogens is 2. The number of rotatable bonds is 5. The van der Waals surface area contributed by atoms with Crippen LogP contribution in [0.2, 0.25) is 0 Å². The molecule has 0 bridgehead atoms.